The van der Waals surface area contributed by atoms with Crippen molar-refractivity contribution in [2.45, 2.75) is 44.1 Å². The van der Waals surface area contributed by atoms with Gasteiger partial charge in [0, 0.05) is 44.4 Å². The fourth-order valence-electron chi connectivity index (χ4n) is 3.83. The number of nitrogens with one attached hydrogen (secondary N) is 1. The number of hydrogen-bond acceptors (Lipinski definition) is 6. The predicted octanol–water partition coefficient (Wildman–Crippen LogP) is 5.00. The maximum atomic E-state index is 13.6. The van der Waals surface area contributed by atoms with Crippen LogP contribution >= 0.6 is 11.3 Å². The van der Waals surface area contributed by atoms with Crippen molar-refractivity contribution in [1.29, 1.82) is 0 Å². The van der Waals surface area contributed by atoms with Gasteiger partial charge in [-0.3, -0.25) is 4.79 Å². The molecule has 2 fully saturated rings. The quantitative estimate of drug-likeness (QED) is 0.556. The number of alkyl halides is 6. The number of carbonyl (C=O) groups excluding carboxylic acids is 2. The van der Waals surface area contributed by atoms with Crippen LogP contribution in [0.2, 0.25) is 0 Å². The summed E-state index contributed by atoms with van der Waals surface area (Å²) in [7, 11) is 1.35. The molecule has 0 bridgehead atoms. The standard InChI is InChI=1S/C21H21F6N3O4S/c1-28-17(31)12-9-35-16-13(20(22,23)24)8-14(29-15(12)16)34-11-2-6-30(7-3-11)18(32)33-10-19(4-5-19)21(25,26)27/h8-9,11H,2-7,10H2,1H3,(H,28,31). The van der Waals surface area contributed by atoms with Crippen LogP contribution in [0.4, 0.5) is 31.1 Å². The van der Waals surface area contributed by atoms with E-state index >= 15 is 0 Å². The predicted molar refractivity (Wildman–Crippen MR) is 112 cm³/mol. The Morgan fingerprint density at radius 3 is 2.40 bits per heavy atom. The first-order chi connectivity index (χ1) is 16.3. The van der Waals surface area contributed by atoms with E-state index in [1.807, 2.05) is 0 Å². The summed E-state index contributed by atoms with van der Waals surface area (Å²) in [5, 5.41) is 3.66. The van der Waals surface area contributed by atoms with E-state index < -0.39 is 48.0 Å². The molecule has 4 rings (SSSR count). The van der Waals surface area contributed by atoms with Crippen molar-refractivity contribution >= 4 is 33.6 Å². The van der Waals surface area contributed by atoms with Crippen molar-refractivity contribution in [2.75, 3.05) is 26.7 Å². The van der Waals surface area contributed by atoms with E-state index in [0.29, 0.717) is 0 Å². The summed E-state index contributed by atoms with van der Waals surface area (Å²) < 4.78 is 90.3. The van der Waals surface area contributed by atoms with Crippen LogP contribution in [0.5, 0.6) is 5.88 Å². The van der Waals surface area contributed by atoms with Gasteiger partial charge in [-0.25, -0.2) is 9.78 Å². The number of halogens is 6. The van der Waals surface area contributed by atoms with Crippen LogP contribution in [0, 0.1) is 5.41 Å². The van der Waals surface area contributed by atoms with Crippen molar-refractivity contribution in [1.82, 2.24) is 15.2 Å². The lowest BCUT2D eigenvalue weighted by atomic mass is 10.1. The van der Waals surface area contributed by atoms with Gasteiger partial charge in [0.25, 0.3) is 5.91 Å². The molecule has 1 saturated carbocycles. The molecular formula is C21H21F6N3O4S. The Hall–Kier alpha value is -2.77. The number of aromatic nitrogens is 1. The molecular weight excluding hydrogens is 504 g/mol. The van der Waals surface area contributed by atoms with Crippen LogP contribution < -0.4 is 10.1 Å². The van der Waals surface area contributed by atoms with E-state index in [1.54, 1.807) is 0 Å². The monoisotopic (exact) mass is 525 g/mol. The molecule has 1 aliphatic carbocycles. The molecule has 0 spiro atoms. The second kappa shape index (κ2) is 9.03. The van der Waals surface area contributed by atoms with Gasteiger partial charge in [0.2, 0.25) is 5.88 Å². The second-order valence-electron chi connectivity index (χ2n) is 8.55. The zero-order chi connectivity index (χ0) is 25.6. The zero-order valence-electron chi connectivity index (χ0n) is 18.4. The largest absolute Gasteiger partial charge is 0.474 e. The Kier molecular flexibility index (Phi) is 6.53. The highest BCUT2D eigenvalue weighted by Crippen LogP contribution is 2.57. The molecule has 1 saturated heterocycles. The zero-order valence-corrected chi connectivity index (χ0v) is 19.2. The molecule has 35 heavy (non-hydrogen) atoms. The molecule has 0 aromatic carbocycles. The van der Waals surface area contributed by atoms with Crippen molar-refractivity contribution in [3.63, 3.8) is 0 Å². The van der Waals surface area contributed by atoms with Crippen LogP contribution in [0.3, 0.4) is 0 Å². The maximum Gasteiger partial charge on any atom is 0.418 e. The van der Waals surface area contributed by atoms with Gasteiger partial charge in [-0.05, 0) is 12.8 Å². The van der Waals surface area contributed by atoms with Gasteiger partial charge >= 0.3 is 18.4 Å². The normalized spacial score (nSPS) is 18.4. The lowest BCUT2D eigenvalue weighted by Gasteiger charge is -2.32. The molecule has 2 aliphatic rings. The summed E-state index contributed by atoms with van der Waals surface area (Å²) in [5.41, 5.74) is -3.07. The number of ether oxygens (including phenoxy) is 2. The third-order valence-electron chi connectivity index (χ3n) is 6.19. The molecule has 0 atom stereocenters. The van der Waals surface area contributed by atoms with Gasteiger partial charge in [-0.15, -0.1) is 11.3 Å². The summed E-state index contributed by atoms with van der Waals surface area (Å²) in [5.74, 6) is -0.894. The van der Waals surface area contributed by atoms with Gasteiger partial charge in [-0.2, -0.15) is 26.3 Å². The number of piperidine rings is 1. The summed E-state index contributed by atoms with van der Waals surface area (Å²) >= 11 is 0.754. The molecule has 2 amide bonds. The van der Waals surface area contributed by atoms with Gasteiger partial charge in [0.05, 0.1) is 21.3 Å². The lowest BCUT2D eigenvalue weighted by molar-refractivity contribution is -0.197. The van der Waals surface area contributed by atoms with Crippen molar-refractivity contribution in [3.05, 3.63) is 22.6 Å². The molecule has 0 radical (unpaired) electrons. The van der Waals surface area contributed by atoms with Crippen LogP contribution in [-0.4, -0.2) is 60.9 Å². The summed E-state index contributed by atoms with van der Waals surface area (Å²) in [6.07, 6.45) is -10.3. The van der Waals surface area contributed by atoms with Crippen LogP contribution in [0.15, 0.2) is 11.4 Å². The summed E-state index contributed by atoms with van der Waals surface area (Å²) in [6, 6.07) is 0.777. The topological polar surface area (TPSA) is 80.8 Å². The minimum atomic E-state index is -4.70. The van der Waals surface area contributed by atoms with Gasteiger partial charge in [0.1, 0.15) is 18.1 Å². The molecule has 7 nitrogen and oxygen atoms in total. The third-order valence-corrected chi connectivity index (χ3v) is 7.19. The Labute approximate surface area is 199 Å². The SMILES string of the molecule is CNC(=O)c1csc2c(C(F)(F)F)cc(OC3CCN(C(=O)OCC4(C(F)(F)F)CC4)CC3)nc12. The second-order valence-corrected chi connectivity index (χ2v) is 9.43. The highest BCUT2D eigenvalue weighted by molar-refractivity contribution is 7.17. The van der Waals surface area contributed by atoms with Crippen molar-refractivity contribution < 1.29 is 45.4 Å². The number of amides is 2. The fraction of sp³-hybridized carbons (Fsp3) is 0.571. The van der Waals surface area contributed by atoms with Gasteiger partial charge in [0.15, 0.2) is 0 Å². The van der Waals surface area contributed by atoms with Gasteiger partial charge < -0.3 is 19.7 Å². The number of carbonyl (C=O) groups is 2. The highest BCUT2D eigenvalue weighted by atomic mass is 32.1. The molecule has 192 valence electrons. The van der Waals surface area contributed by atoms with Crippen LogP contribution in [0.1, 0.15) is 41.6 Å². The molecule has 3 heterocycles. The summed E-state index contributed by atoms with van der Waals surface area (Å²) in [6.45, 7) is -0.540. The van der Waals surface area contributed by atoms with E-state index in [4.69, 9.17) is 9.47 Å². The first kappa shape index (κ1) is 25.3. The lowest BCUT2D eigenvalue weighted by Crippen LogP contribution is -2.43. The number of hydrogen-bond donors (Lipinski definition) is 1. The van der Waals surface area contributed by atoms with Crippen molar-refractivity contribution in [3.8, 4) is 5.88 Å². The first-order valence-electron chi connectivity index (χ1n) is 10.7. The Bertz CT molecular complexity index is 1120. The Balaban J connectivity index is 1.41. The summed E-state index contributed by atoms with van der Waals surface area (Å²) in [4.78, 5) is 29.6. The molecule has 1 N–H and O–H groups in total. The minimum absolute atomic E-state index is 0.00620. The van der Waals surface area contributed by atoms with E-state index in [2.05, 4.69) is 10.3 Å². The Morgan fingerprint density at radius 1 is 1.20 bits per heavy atom. The van der Waals surface area contributed by atoms with E-state index in [9.17, 15) is 35.9 Å². The van der Waals surface area contributed by atoms with Crippen LogP contribution in [0.25, 0.3) is 10.2 Å². The maximum absolute atomic E-state index is 13.6. The number of fused-ring (bicyclic) bond motifs is 1. The smallest absolute Gasteiger partial charge is 0.418 e. The number of pyridine rings is 1. The van der Waals surface area contributed by atoms with E-state index in [0.717, 1.165) is 17.4 Å². The average Bonchev–Trinajstić information content (AvgIpc) is 3.49. The molecule has 2 aromatic heterocycles. The number of nitrogens with zero attached hydrogens (tertiary/aromatic N) is 2. The molecule has 2 aromatic rings. The Morgan fingerprint density at radius 2 is 1.86 bits per heavy atom. The van der Waals surface area contributed by atoms with E-state index in [-0.39, 0.29) is 60.4 Å². The highest BCUT2D eigenvalue weighted by Gasteiger charge is 2.64. The first-order valence-corrected chi connectivity index (χ1v) is 11.6. The average molecular weight is 525 g/mol. The number of thiophene rings is 1. The molecule has 1 aliphatic heterocycles. The van der Waals surface area contributed by atoms with E-state index in [1.165, 1.54) is 17.3 Å². The fourth-order valence-corrected chi connectivity index (χ4v) is 4.85. The third kappa shape index (κ3) is 5.11. The van der Waals surface area contributed by atoms with Crippen LogP contribution in [-0.2, 0) is 10.9 Å². The van der Waals surface area contributed by atoms with Crippen molar-refractivity contribution in [2.24, 2.45) is 5.41 Å². The number of likely N-dealkylation sites (tertiary alicyclic amines) is 1. The van der Waals surface area contributed by atoms with Gasteiger partial charge in [-0.1, -0.05) is 0 Å². The molecule has 0 unspecified atom stereocenters. The minimum Gasteiger partial charge on any atom is -0.474 e. The number of rotatable bonds is 5. The molecule has 14 heteroatoms.